The molecule has 120 valence electrons. The fourth-order valence-electron chi connectivity index (χ4n) is 2.10. The van der Waals surface area contributed by atoms with Gasteiger partial charge in [0.15, 0.2) is 0 Å². The monoisotopic (exact) mass is 318 g/mol. The van der Waals surface area contributed by atoms with E-state index in [0.29, 0.717) is 6.42 Å². The molecule has 6 nitrogen and oxygen atoms in total. The minimum Gasteiger partial charge on any atom is -0.496 e. The van der Waals surface area contributed by atoms with Crippen molar-refractivity contribution in [3.63, 3.8) is 0 Å². The molecule has 0 radical (unpaired) electrons. The molecule has 7 heteroatoms. The summed E-state index contributed by atoms with van der Waals surface area (Å²) >= 11 is 0. The average Bonchev–Trinajstić information content (AvgIpc) is 2.54. The molecule has 1 amide bonds. The average molecular weight is 318 g/mol. The van der Waals surface area contributed by atoms with Crippen LogP contribution in [0.3, 0.4) is 0 Å². The molecule has 0 spiro atoms. The molecular weight excluding hydrogens is 303 g/mol. The molecule has 23 heavy (non-hydrogen) atoms. The van der Waals surface area contributed by atoms with Gasteiger partial charge in [-0.1, -0.05) is 12.1 Å². The Kier molecular flexibility index (Phi) is 5.24. The van der Waals surface area contributed by atoms with Gasteiger partial charge in [0.1, 0.15) is 11.6 Å². The number of nitro groups is 1. The number of hydrogen-bond acceptors (Lipinski definition) is 4. The number of hydrogen-bond donors (Lipinski definition) is 1. The molecule has 0 aliphatic carbocycles. The van der Waals surface area contributed by atoms with Crippen LogP contribution < -0.4 is 10.1 Å². The predicted octanol–water partition coefficient (Wildman–Crippen LogP) is 2.72. The molecule has 0 aromatic heterocycles. The first-order chi connectivity index (χ1) is 11.0. The van der Waals surface area contributed by atoms with E-state index >= 15 is 0 Å². The Balaban J connectivity index is 2.05. The van der Waals surface area contributed by atoms with Crippen LogP contribution in [-0.4, -0.2) is 24.5 Å². The van der Waals surface area contributed by atoms with Crippen molar-refractivity contribution in [3.05, 3.63) is 69.5 Å². The summed E-state index contributed by atoms with van der Waals surface area (Å²) in [5.74, 6) is -0.574. The number of amides is 1. The van der Waals surface area contributed by atoms with Crippen LogP contribution in [0.4, 0.5) is 10.1 Å². The van der Waals surface area contributed by atoms with Crippen molar-refractivity contribution in [3.8, 4) is 5.75 Å². The summed E-state index contributed by atoms with van der Waals surface area (Å²) in [7, 11) is 1.38. The molecule has 0 bridgehead atoms. The van der Waals surface area contributed by atoms with E-state index in [1.165, 1.54) is 31.4 Å². The Labute approximate surface area is 132 Å². The lowest BCUT2D eigenvalue weighted by Gasteiger charge is -2.09. The van der Waals surface area contributed by atoms with E-state index in [2.05, 4.69) is 5.32 Å². The number of carbonyl (C=O) groups excluding carboxylic acids is 1. The highest BCUT2D eigenvalue weighted by molar-refractivity contribution is 5.97. The molecule has 0 fully saturated rings. The van der Waals surface area contributed by atoms with Crippen molar-refractivity contribution in [2.75, 3.05) is 13.7 Å². The van der Waals surface area contributed by atoms with Gasteiger partial charge in [0.05, 0.1) is 17.6 Å². The Hall–Kier alpha value is -2.96. The number of nitro benzene ring substituents is 1. The highest BCUT2D eigenvalue weighted by Crippen LogP contribution is 2.23. The molecule has 0 aliphatic rings. The molecular formula is C16H15FN2O4. The summed E-state index contributed by atoms with van der Waals surface area (Å²) in [6, 6.07) is 9.88. The molecule has 0 saturated heterocycles. The summed E-state index contributed by atoms with van der Waals surface area (Å²) in [6.45, 7) is 0.272. The Morgan fingerprint density at radius 1 is 1.30 bits per heavy atom. The van der Waals surface area contributed by atoms with Crippen molar-refractivity contribution in [2.45, 2.75) is 6.42 Å². The zero-order chi connectivity index (χ0) is 16.8. The topological polar surface area (TPSA) is 81.5 Å². The van der Waals surface area contributed by atoms with Gasteiger partial charge >= 0.3 is 0 Å². The summed E-state index contributed by atoms with van der Waals surface area (Å²) in [6.07, 6.45) is 0.445. The number of nitrogens with one attached hydrogen (secondary N) is 1. The molecule has 0 saturated carbocycles. The first kappa shape index (κ1) is 16.4. The normalized spacial score (nSPS) is 10.2. The highest BCUT2D eigenvalue weighted by Gasteiger charge is 2.17. The van der Waals surface area contributed by atoms with Crippen LogP contribution in [-0.2, 0) is 6.42 Å². The fourth-order valence-corrected chi connectivity index (χ4v) is 2.10. The van der Waals surface area contributed by atoms with E-state index in [1.54, 1.807) is 12.1 Å². The fraction of sp³-hybridized carbons (Fsp3) is 0.188. The molecule has 0 unspecified atom stereocenters. The summed E-state index contributed by atoms with van der Waals surface area (Å²) in [5, 5.41) is 13.4. The van der Waals surface area contributed by atoms with E-state index in [1.807, 2.05) is 0 Å². The minimum atomic E-state index is -0.580. The first-order valence-electron chi connectivity index (χ1n) is 6.86. The second-order valence-electron chi connectivity index (χ2n) is 4.78. The lowest BCUT2D eigenvalue weighted by atomic mass is 10.1. The quantitative estimate of drug-likeness (QED) is 0.656. The van der Waals surface area contributed by atoms with E-state index in [-0.39, 0.29) is 29.4 Å². The van der Waals surface area contributed by atoms with E-state index < -0.39 is 10.8 Å². The zero-order valence-corrected chi connectivity index (χ0v) is 12.4. The van der Waals surface area contributed by atoms with Gasteiger partial charge in [-0.25, -0.2) is 4.39 Å². The Morgan fingerprint density at radius 2 is 2.09 bits per heavy atom. The van der Waals surface area contributed by atoms with Crippen LogP contribution in [0.25, 0.3) is 0 Å². The number of rotatable bonds is 6. The predicted molar refractivity (Wildman–Crippen MR) is 82.1 cm³/mol. The van der Waals surface area contributed by atoms with E-state index in [4.69, 9.17) is 4.74 Å². The number of methoxy groups -OCH3 is 1. The van der Waals surface area contributed by atoms with Crippen molar-refractivity contribution in [2.24, 2.45) is 0 Å². The minimum absolute atomic E-state index is 0.0842. The largest absolute Gasteiger partial charge is 0.496 e. The molecule has 2 aromatic rings. The lowest BCUT2D eigenvalue weighted by molar-refractivity contribution is -0.384. The number of nitrogens with zero attached hydrogens (tertiary/aromatic N) is 1. The van der Waals surface area contributed by atoms with Gasteiger partial charge in [-0.3, -0.25) is 14.9 Å². The smallest absolute Gasteiger partial charge is 0.270 e. The zero-order valence-electron chi connectivity index (χ0n) is 12.4. The second-order valence-corrected chi connectivity index (χ2v) is 4.78. The van der Waals surface area contributed by atoms with Gasteiger partial charge in [0.25, 0.3) is 11.6 Å². The third kappa shape index (κ3) is 4.26. The summed E-state index contributed by atoms with van der Waals surface area (Å²) < 4.78 is 18.1. The highest BCUT2D eigenvalue weighted by atomic mass is 19.1. The third-order valence-corrected chi connectivity index (χ3v) is 3.23. The van der Waals surface area contributed by atoms with E-state index in [9.17, 15) is 19.3 Å². The lowest BCUT2D eigenvalue weighted by Crippen LogP contribution is -2.26. The number of halogens is 1. The number of ether oxygens (including phenoxy) is 1. The van der Waals surface area contributed by atoms with Gasteiger partial charge in [0, 0.05) is 18.7 Å². The SMILES string of the molecule is COc1ccc([N+](=O)[O-])cc1C(=O)NCCc1cccc(F)c1. The second kappa shape index (κ2) is 7.35. The molecule has 0 aliphatic heterocycles. The van der Waals surface area contributed by atoms with Crippen LogP contribution in [0.2, 0.25) is 0 Å². The maximum Gasteiger partial charge on any atom is 0.270 e. The van der Waals surface area contributed by atoms with Crippen molar-refractivity contribution in [1.29, 1.82) is 0 Å². The molecule has 0 atom stereocenters. The Bertz CT molecular complexity index is 734. The molecule has 1 N–H and O–H groups in total. The van der Waals surface area contributed by atoms with Crippen LogP contribution in [0.5, 0.6) is 5.75 Å². The van der Waals surface area contributed by atoms with Gasteiger partial charge in [-0.15, -0.1) is 0 Å². The number of benzene rings is 2. The standard InChI is InChI=1S/C16H15FN2O4/c1-23-15-6-5-13(19(21)22)10-14(15)16(20)18-8-7-11-3-2-4-12(17)9-11/h2-6,9-10H,7-8H2,1H3,(H,18,20). The molecule has 0 heterocycles. The van der Waals surface area contributed by atoms with Gasteiger partial charge in [-0.2, -0.15) is 0 Å². The number of non-ortho nitro benzene ring substituents is 1. The molecule has 2 aromatic carbocycles. The van der Waals surface area contributed by atoms with E-state index in [0.717, 1.165) is 11.6 Å². The van der Waals surface area contributed by atoms with Gasteiger partial charge in [-0.05, 0) is 30.2 Å². The van der Waals surface area contributed by atoms with Crippen LogP contribution >= 0.6 is 0 Å². The van der Waals surface area contributed by atoms with Crippen molar-refractivity contribution < 1.29 is 18.8 Å². The van der Waals surface area contributed by atoms with Crippen molar-refractivity contribution in [1.82, 2.24) is 5.32 Å². The third-order valence-electron chi connectivity index (χ3n) is 3.23. The maximum atomic E-state index is 13.1. The summed E-state index contributed by atoms with van der Waals surface area (Å²) in [5.41, 5.74) is 0.637. The molecule has 2 rings (SSSR count). The van der Waals surface area contributed by atoms with Gasteiger partial charge < -0.3 is 10.1 Å². The number of carbonyl (C=O) groups is 1. The van der Waals surface area contributed by atoms with Crippen molar-refractivity contribution >= 4 is 11.6 Å². The first-order valence-corrected chi connectivity index (χ1v) is 6.86. The van der Waals surface area contributed by atoms with Crippen LogP contribution in [0.15, 0.2) is 42.5 Å². The maximum absolute atomic E-state index is 13.1. The summed E-state index contributed by atoms with van der Waals surface area (Å²) in [4.78, 5) is 22.4. The van der Waals surface area contributed by atoms with Gasteiger partial charge in [0.2, 0.25) is 0 Å². The van der Waals surface area contributed by atoms with Crippen LogP contribution in [0, 0.1) is 15.9 Å². The van der Waals surface area contributed by atoms with Crippen LogP contribution in [0.1, 0.15) is 15.9 Å². The Morgan fingerprint density at radius 3 is 2.74 bits per heavy atom.